The molecular formula is C13H8F3NO2. The summed E-state index contributed by atoms with van der Waals surface area (Å²) in [5.41, 5.74) is 0.459. The van der Waals surface area contributed by atoms with Crippen LogP contribution >= 0.6 is 0 Å². The highest BCUT2D eigenvalue weighted by molar-refractivity contribution is 5.87. The smallest absolute Gasteiger partial charge is 0.405 e. The topological polar surface area (TPSA) is 39.2 Å². The van der Waals surface area contributed by atoms with Crippen LogP contribution in [0.3, 0.4) is 0 Å². The van der Waals surface area contributed by atoms with Crippen molar-refractivity contribution in [2.75, 3.05) is 0 Å². The number of carbonyl (C=O) groups excluding carboxylic acids is 1. The van der Waals surface area contributed by atoms with E-state index in [1.54, 1.807) is 6.07 Å². The van der Waals surface area contributed by atoms with Crippen LogP contribution in [-0.4, -0.2) is 17.6 Å². The molecule has 0 amide bonds. The molecule has 0 N–H and O–H groups in total. The van der Waals surface area contributed by atoms with Gasteiger partial charge in [0.05, 0.1) is 5.69 Å². The number of hydrogen-bond acceptors (Lipinski definition) is 3. The summed E-state index contributed by atoms with van der Waals surface area (Å²) in [6.45, 7) is 0. The van der Waals surface area contributed by atoms with E-state index in [0.29, 0.717) is 6.29 Å². The summed E-state index contributed by atoms with van der Waals surface area (Å²) < 4.78 is 40.9. The summed E-state index contributed by atoms with van der Waals surface area (Å²) in [5, 5.41) is 0. The minimum Gasteiger partial charge on any atom is -0.405 e. The van der Waals surface area contributed by atoms with Gasteiger partial charge in [0, 0.05) is 17.3 Å². The molecule has 0 radical (unpaired) electrons. The van der Waals surface area contributed by atoms with E-state index in [2.05, 4.69) is 9.72 Å². The standard InChI is InChI=1S/C13H8F3NO2/c14-13(15,16)19-11-6-2-1-5-10(11)12-9(8-18)4-3-7-17-12/h1-8H. The second-order valence-corrected chi connectivity index (χ2v) is 3.60. The molecule has 0 aliphatic carbocycles. The lowest BCUT2D eigenvalue weighted by molar-refractivity contribution is -0.274. The van der Waals surface area contributed by atoms with Gasteiger partial charge in [-0.2, -0.15) is 0 Å². The molecule has 2 aromatic rings. The van der Waals surface area contributed by atoms with Gasteiger partial charge in [-0.05, 0) is 24.3 Å². The molecule has 0 fully saturated rings. The van der Waals surface area contributed by atoms with Crippen molar-refractivity contribution in [1.29, 1.82) is 0 Å². The molecule has 1 heterocycles. The van der Waals surface area contributed by atoms with E-state index in [-0.39, 0.29) is 16.8 Å². The number of halogens is 3. The number of pyridine rings is 1. The molecule has 0 aliphatic heterocycles. The second-order valence-electron chi connectivity index (χ2n) is 3.60. The Morgan fingerprint density at radius 2 is 1.84 bits per heavy atom. The van der Waals surface area contributed by atoms with Crippen LogP contribution in [0.5, 0.6) is 5.75 Å². The van der Waals surface area contributed by atoms with Crippen molar-refractivity contribution in [1.82, 2.24) is 4.98 Å². The average molecular weight is 267 g/mol. The van der Waals surface area contributed by atoms with Crippen molar-refractivity contribution < 1.29 is 22.7 Å². The van der Waals surface area contributed by atoms with Crippen LogP contribution in [0, 0.1) is 0 Å². The zero-order valence-corrected chi connectivity index (χ0v) is 9.52. The quantitative estimate of drug-likeness (QED) is 0.799. The molecule has 0 aliphatic rings. The lowest BCUT2D eigenvalue weighted by atomic mass is 10.1. The van der Waals surface area contributed by atoms with E-state index < -0.39 is 12.1 Å². The van der Waals surface area contributed by atoms with Crippen molar-refractivity contribution in [2.45, 2.75) is 6.36 Å². The van der Waals surface area contributed by atoms with Gasteiger partial charge < -0.3 is 4.74 Å². The first kappa shape index (κ1) is 13.1. The van der Waals surface area contributed by atoms with Crippen molar-refractivity contribution >= 4 is 6.29 Å². The normalized spacial score (nSPS) is 11.1. The minimum absolute atomic E-state index is 0.113. The molecule has 98 valence electrons. The molecule has 0 spiro atoms. The van der Waals surface area contributed by atoms with E-state index >= 15 is 0 Å². The fraction of sp³-hybridized carbons (Fsp3) is 0.0769. The highest BCUT2D eigenvalue weighted by Crippen LogP contribution is 2.33. The molecule has 0 bridgehead atoms. The van der Waals surface area contributed by atoms with E-state index in [1.807, 2.05) is 0 Å². The SMILES string of the molecule is O=Cc1cccnc1-c1ccccc1OC(F)(F)F. The number of hydrogen-bond donors (Lipinski definition) is 0. The third-order valence-corrected chi connectivity index (χ3v) is 2.33. The van der Waals surface area contributed by atoms with Crippen LogP contribution in [0.15, 0.2) is 42.6 Å². The van der Waals surface area contributed by atoms with Gasteiger partial charge in [0.1, 0.15) is 5.75 Å². The first-order valence-corrected chi connectivity index (χ1v) is 5.26. The Hall–Kier alpha value is -2.37. The number of nitrogens with zero attached hydrogens (tertiary/aromatic N) is 1. The molecular weight excluding hydrogens is 259 g/mol. The lowest BCUT2D eigenvalue weighted by Crippen LogP contribution is -2.17. The number of benzene rings is 1. The maximum atomic E-state index is 12.3. The molecule has 6 heteroatoms. The van der Waals surface area contributed by atoms with Crippen LogP contribution in [0.25, 0.3) is 11.3 Å². The fourth-order valence-corrected chi connectivity index (χ4v) is 1.61. The Kier molecular flexibility index (Phi) is 3.50. The predicted octanol–water partition coefficient (Wildman–Crippen LogP) is 3.46. The van der Waals surface area contributed by atoms with Gasteiger partial charge in [0.25, 0.3) is 0 Å². The van der Waals surface area contributed by atoms with Gasteiger partial charge in [-0.1, -0.05) is 12.1 Å². The molecule has 1 aromatic heterocycles. The van der Waals surface area contributed by atoms with Crippen LogP contribution in [0.4, 0.5) is 13.2 Å². The van der Waals surface area contributed by atoms with Crippen molar-refractivity contribution in [3.63, 3.8) is 0 Å². The molecule has 0 unspecified atom stereocenters. The Bertz CT molecular complexity index is 596. The Labute approximate surface area is 106 Å². The number of carbonyl (C=O) groups is 1. The number of aldehydes is 1. The number of para-hydroxylation sites is 1. The first-order valence-electron chi connectivity index (χ1n) is 5.26. The largest absolute Gasteiger partial charge is 0.573 e. The monoisotopic (exact) mass is 267 g/mol. The Morgan fingerprint density at radius 3 is 2.53 bits per heavy atom. The predicted molar refractivity (Wildman–Crippen MR) is 61.7 cm³/mol. The molecule has 19 heavy (non-hydrogen) atoms. The second kappa shape index (κ2) is 5.09. The van der Waals surface area contributed by atoms with Crippen LogP contribution in [-0.2, 0) is 0 Å². The van der Waals surface area contributed by atoms with E-state index in [0.717, 1.165) is 0 Å². The van der Waals surface area contributed by atoms with Crippen molar-refractivity contribution in [3.05, 3.63) is 48.2 Å². The molecule has 3 nitrogen and oxygen atoms in total. The molecule has 0 saturated carbocycles. The molecule has 2 rings (SSSR count). The van der Waals surface area contributed by atoms with E-state index in [9.17, 15) is 18.0 Å². The zero-order chi connectivity index (χ0) is 13.9. The zero-order valence-electron chi connectivity index (χ0n) is 9.52. The third-order valence-electron chi connectivity index (χ3n) is 2.33. The summed E-state index contributed by atoms with van der Waals surface area (Å²) in [4.78, 5) is 14.8. The summed E-state index contributed by atoms with van der Waals surface area (Å²) >= 11 is 0. The maximum Gasteiger partial charge on any atom is 0.573 e. The first-order chi connectivity index (χ1) is 9.01. The summed E-state index contributed by atoms with van der Waals surface area (Å²) in [6.07, 6.45) is -2.87. The van der Waals surface area contributed by atoms with Gasteiger partial charge in [0.15, 0.2) is 6.29 Å². The van der Waals surface area contributed by atoms with Crippen molar-refractivity contribution in [2.24, 2.45) is 0 Å². The highest BCUT2D eigenvalue weighted by Gasteiger charge is 2.32. The van der Waals surface area contributed by atoms with Gasteiger partial charge in [-0.25, -0.2) is 0 Å². The maximum absolute atomic E-state index is 12.3. The molecule has 1 aromatic carbocycles. The van der Waals surface area contributed by atoms with Gasteiger partial charge in [-0.3, -0.25) is 9.78 Å². The summed E-state index contributed by atoms with van der Waals surface area (Å²) in [6, 6.07) is 8.54. The van der Waals surface area contributed by atoms with Crippen LogP contribution < -0.4 is 4.74 Å². The van der Waals surface area contributed by atoms with E-state index in [1.165, 1.54) is 36.5 Å². The Balaban J connectivity index is 2.53. The van der Waals surface area contributed by atoms with Gasteiger partial charge in [-0.15, -0.1) is 13.2 Å². The average Bonchev–Trinajstić information content (AvgIpc) is 2.37. The molecule has 0 saturated heterocycles. The fourth-order valence-electron chi connectivity index (χ4n) is 1.61. The number of alkyl halides is 3. The number of ether oxygens (including phenoxy) is 1. The summed E-state index contributed by atoms with van der Waals surface area (Å²) in [7, 11) is 0. The summed E-state index contributed by atoms with van der Waals surface area (Å²) in [5.74, 6) is -0.392. The van der Waals surface area contributed by atoms with Gasteiger partial charge >= 0.3 is 6.36 Å². The van der Waals surface area contributed by atoms with Crippen LogP contribution in [0.2, 0.25) is 0 Å². The molecule has 0 atom stereocenters. The van der Waals surface area contributed by atoms with Crippen LogP contribution in [0.1, 0.15) is 10.4 Å². The van der Waals surface area contributed by atoms with Crippen molar-refractivity contribution in [3.8, 4) is 17.0 Å². The minimum atomic E-state index is -4.80. The van der Waals surface area contributed by atoms with Gasteiger partial charge in [0.2, 0.25) is 0 Å². The third kappa shape index (κ3) is 3.09. The lowest BCUT2D eigenvalue weighted by Gasteiger charge is -2.13. The number of rotatable bonds is 3. The Morgan fingerprint density at radius 1 is 1.11 bits per heavy atom. The van der Waals surface area contributed by atoms with E-state index in [4.69, 9.17) is 0 Å². The number of aromatic nitrogens is 1. The highest BCUT2D eigenvalue weighted by atomic mass is 19.4.